The maximum Gasteiger partial charge on any atom is 0.429 e. The lowest BCUT2D eigenvalue weighted by atomic mass is 9.75. The van der Waals surface area contributed by atoms with Gasteiger partial charge in [-0.25, -0.2) is 0 Å². The number of aliphatic hydroxyl groups excluding tert-OH is 1. The third kappa shape index (κ3) is 6.44. The second-order valence-corrected chi connectivity index (χ2v) is 12.9. The molecule has 0 radical (unpaired) electrons. The maximum atomic E-state index is 15.0. The molecule has 3 aromatic rings. The Bertz CT molecular complexity index is 1700. The standard InChI is InChI=1S/C33H38F3N7O4/c1-20-3-5-22(6-4-20)23-7-8-24(32(16-23,19-44)43-12-9-21(2)41-43)28(33(34,35)36)47-27-15-26(39-30(37)40-27)42-13-10-31(11-14-42)17-25(29(45)46)38-18-31/h3-9,12,15,25,28,38,44H,10-11,13-14,16-19H2,1-2H3,(H,45,46)(H2,37,39,40)/t25-,28?,32?/m0/s1. The normalized spacial score (nSPS) is 23.4. The number of aliphatic carboxylic acids is 1. The third-order valence-corrected chi connectivity index (χ3v) is 9.66. The number of piperidine rings is 1. The van der Waals surface area contributed by atoms with E-state index in [1.807, 2.05) is 36.1 Å². The molecule has 4 heterocycles. The van der Waals surface area contributed by atoms with Crippen LogP contribution in [0.15, 0.2) is 60.3 Å². The van der Waals surface area contributed by atoms with E-state index in [1.54, 1.807) is 25.3 Å². The molecule has 1 aromatic carbocycles. The lowest BCUT2D eigenvalue weighted by Gasteiger charge is -2.41. The van der Waals surface area contributed by atoms with Gasteiger partial charge in [-0.3, -0.25) is 9.48 Å². The van der Waals surface area contributed by atoms with E-state index < -0.39 is 36.4 Å². The molecule has 1 spiro atoms. The quantitative estimate of drug-likeness (QED) is 0.281. The Morgan fingerprint density at radius 2 is 1.87 bits per heavy atom. The van der Waals surface area contributed by atoms with Gasteiger partial charge in [-0.1, -0.05) is 42.0 Å². The smallest absolute Gasteiger partial charge is 0.429 e. The fourth-order valence-electron chi connectivity index (χ4n) is 6.97. The summed E-state index contributed by atoms with van der Waals surface area (Å²) in [6, 6.07) is 10.1. The average molecular weight is 654 g/mol. The molecular weight excluding hydrogens is 615 g/mol. The van der Waals surface area contributed by atoms with E-state index in [2.05, 4.69) is 20.4 Å². The number of ether oxygens (including phenoxy) is 1. The van der Waals surface area contributed by atoms with Gasteiger partial charge in [0.1, 0.15) is 17.4 Å². The number of nitrogens with zero attached hydrogens (tertiary/aromatic N) is 5. The number of hydrogen-bond donors (Lipinski definition) is 4. The van der Waals surface area contributed by atoms with Crippen molar-refractivity contribution in [2.75, 3.05) is 36.9 Å². The van der Waals surface area contributed by atoms with Gasteiger partial charge in [0.2, 0.25) is 17.9 Å². The first-order valence-corrected chi connectivity index (χ1v) is 15.5. The van der Waals surface area contributed by atoms with Gasteiger partial charge in [-0.05, 0) is 55.7 Å². The summed E-state index contributed by atoms with van der Waals surface area (Å²) in [7, 11) is 0. The summed E-state index contributed by atoms with van der Waals surface area (Å²) in [4.78, 5) is 21.7. The molecule has 0 saturated carbocycles. The van der Waals surface area contributed by atoms with Crippen LogP contribution >= 0.6 is 0 Å². The number of aliphatic hydroxyl groups is 1. The van der Waals surface area contributed by atoms with Gasteiger partial charge in [0, 0.05) is 43.9 Å². The zero-order valence-electron chi connectivity index (χ0n) is 26.2. The van der Waals surface area contributed by atoms with Crippen LogP contribution in [-0.4, -0.2) is 80.5 Å². The van der Waals surface area contributed by atoms with Crippen LogP contribution in [-0.2, 0) is 10.3 Å². The Morgan fingerprint density at radius 1 is 1.15 bits per heavy atom. The van der Waals surface area contributed by atoms with E-state index in [0.29, 0.717) is 50.4 Å². The van der Waals surface area contributed by atoms with Crippen molar-refractivity contribution in [3.05, 3.63) is 77.1 Å². The molecule has 5 N–H and O–H groups in total. The topological polar surface area (TPSA) is 152 Å². The fourth-order valence-corrected chi connectivity index (χ4v) is 6.97. The van der Waals surface area contributed by atoms with Crippen molar-refractivity contribution in [3.8, 4) is 5.88 Å². The molecule has 1 aliphatic carbocycles. The molecule has 0 amide bonds. The number of carbonyl (C=O) groups is 1. The van der Waals surface area contributed by atoms with E-state index in [-0.39, 0.29) is 29.2 Å². The minimum Gasteiger partial charge on any atom is -0.480 e. The van der Waals surface area contributed by atoms with Crippen LogP contribution in [0.2, 0.25) is 0 Å². The number of benzene rings is 1. The Kier molecular flexibility index (Phi) is 8.51. The highest BCUT2D eigenvalue weighted by Crippen LogP contribution is 2.46. The number of carboxylic acid groups (broad SMARTS) is 1. The Balaban J connectivity index is 1.32. The van der Waals surface area contributed by atoms with Crippen LogP contribution in [0, 0.1) is 19.3 Å². The van der Waals surface area contributed by atoms with Gasteiger partial charge in [-0.2, -0.15) is 28.2 Å². The number of aryl methyl sites for hydroxylation is 2. The number of nitrogen functional groups attached to an aromatic ring is 1. The van der Waals surface area contributed by atoms with E-state index >= 15 is 13.2 Å². The SMILES string of the molecule is Cc1ccc(C2=CC=C(C(Oc3cc(N4CCC5(CC4)CN[C@H](C(=O)O)C5)nc(N)n3)C(F)(F)F)C(CO)(n3ccc(C)n3)C2)cc1. The summed E-state index contributed by atoms with van der Waals surface area (Å²) < 4.78 is 52.2. The molecule has 250 valence electrons. The zero-order chi connectivity index (χ0) is 33.6. The lowest BCUT2D eigenvalue weighted by molar-refractivity contribution is -0.188. The van der Waals surface area contributed by atoms with Crippen LogP contribution < -0.4 is 20.7 Å². The van der Waals surface area contributed by atoms with E-state index in [0.717, 1.165) is 16.7 Å². The van der Waals surface area contributed by atoms with Gasteiger partial charge < -0.3 is 30.9 Å². The number of nitrogens with one attached hydrogen (secondary N) is 1. The van der Waals surface area contributed by atoms with E-state index in [4.69, 9.17) is 10.5 Å². The fraction of sp³-hybridized carbons (Fsp3) is 0.455. The molecule has 2 saturated heterocycles. The van der Waals surface area contributed by atoms with Gasteiger partial charge in [0.15, 0.2) is 0 Å². The number of hydrogen-bond acceptors (Lipinski definition) is 9. The summed E-state index contributed by atoms with van der Waals surface area (Å²) in [6.45, 7) is 4.60. The maximum absolute atomic E-state index is 15.0. The molecule has 14 heteroatoms. The highest BCUT2D eigenvalue weighted by Gasteiger charge is 2.53. The Labute approximate surface area is 270 Å². The number of alkyl halides is 3. The summed E-state index contributed by atoms with van der Waals surface area (Å²) >= 11 is 0. The molecule has 0 bridgehead atoms. The Hall–Kier alpha value is -4.43. The molecular formula is C33H38F3N7O4. The third-order valence-electron chi connectivity index (χ3n) is 9.66. The van der Waals surface area contributed by atoms with Crippen molar-refractivity contribution in [1.29, 1.82) is 0 Å². The number of halogens is 3. The first kappa shape index (κ1) is 32.5. The predicted molar refractivity (Wildman–Crippen MR) is 169 cm³/mol. The molecule has 2 aromatic heterocycles. The average Bonchev–Trinajstić information content (AvgIpc) is 3.66. The molecule has 6 rings (SSSR count). The number of anilines is 2. The van der Waals surface area contributed by atoms with Crippen molar-refractivity contribution < 1.29 is 32.9 Å². The van der Waals surface area contributed by atoms with Crippen molar-refractivity contribution >= 4 is 23.3 Å². The highest BCUT2D eigenvalue weighted by molar-refractivity contribution is 5.74. The molecule has 2 unspecified atom stereocenters. The number of rotatable bonds is 8. The molecule has 47 heavy (non-hydrogen) atoms. The highest BCUT2D eigenvalue weighted by atomic mass is 19.4. The van der Waals surface area contributed by atoms with Crippen molar-refractivity contribution in [2.45, 2.75) is 63.4 Å². The predicted octanol–water partition coefficient (Wildman–Crippen LogP) is 4.02. The minimum absolute atomic E-state index is 0.0275. The summed E-state index contributed by atoms with van der Waals surface area (Å²) in [6.07, 6.45) is -0.952. The largest absolute Gasteiger partial charge is 0.480 e. The van der Waals surface area contributed by atoms with Crippen molar-refractivity contribution in [2.24, 2.45) is 5.41 Å². The van der Waals surface area contributed by atoms with E-state index in [1.165, 1.54) is 16.8 Å². The van der Waals surface area contributed by atoms with E-state index in [9.17, 15) is 15.0 Å². The van der Waals surface area contributed by atoms with Gasteiger partial charge >= 0.3 is 12.1 Å². The summed E-state index contributed by atoms with van der Waals surface area (Å²) in [5, 5.41) is 27.8. The molecule has 2 fully saturated rings. The van der Waals surface area contributed by atoms with Crippen LogP contribution in [0.4, 0.5) is 24.9 Å². The van der Waals surface area contributed by atoms with Crippen LogP contribution in [0.25, 0.3) is 5.57 Å². The second kappa shape index (κ2) is 12.3. The minimum atomic E-state index is -4.91. The summed E-state index contributed by atoms with van der Waals surface area (Å²) in [5.74, 6) is -1.17. The zero-order valence-corrected chi connectivity index (χ0v) is 26.2. The lowest BCUT2D eigenvalue weighted by Crippen LogP contribution is -2.50. The molecule has 3 atom stereocenters. The van der Waals surface area contributed by atoms with Crippen molar-refractivity contribution in [3.63, 3.8) is 0 Å². The monoisotopic (exact) mass is 653 g/mol. The molecule has 11 nitrogen and oxygen atoms in total. The number of aromatic nitrogens is 4. The molecule has 3 aliphatic rings. The number of carboxylic acids is 1. The van der Waals surface area contributed by atoms with Gasteiger partial charge in [0.05, 0.1) is 12.3 Å². The van der Waals surface area contributed by atoms with Crippen LogP contribution in [0.5, 0.6) is 5.88 Å². The second-order valence-electron chi connectivity index (χ2n) is 12.9. The summed E-state index contributed by atoms with van der Waals surface area (Å²) in [5.41, 5.74) is 7.16. The number of allylic oxidation sites excluding steroid dienone is 3. The first-order chi connectivity index (χ1) is 22.3. The Morgan fingerprint density at radius 3 is 2.47 bits per heavy atom. The van der Waals surface area contributed by atoms with Crippen LogP contribution in [0.1, 0.15) is 42.5 Å². The van der Waals surface area contributed by atoms with Crippen molar-refractivity contribution in [1.82, 2.24) is 25.1 Å². The number of nitrogens with two attached hydrogens (primary N) is 1. The first-order valence-electron chi connectivity index (χ1n) is 15.5. The van der Waals surface area contributed by atoms with Gasteiger partial charge in [0.25, 0.3) is 0 Å². The van der Waals surface area contributed by atoms with Gasteiger partial charge in [-0.15, -0.1) is 0 Å². The van der Waals surface area contributed by atoms with Crippen LogP contribution in [0.3, 0.4) is 0 Å². The molecule has 2 aliphatic heterocycles.